The lowest BCUT2D eigenvalue weighted by Crippen LogP contribution is -2.45. The average molecular weight is 465 g/mol. The van der Waals surface area contributed by atoms with Gasteiger partial charge in [0.25, 0.3) is 0 Å². The van der Waals surface area contributed by atoms with Crippen LogP contribution in [0, 0.1) is 0 Å². The van der Waals surface area contributed by atoms with Crippen LogP contribution in [-0.2, 0) is 12.4 Å². The molecule has 3 rings (SSSR count). The molecule has 0 spiro atoms. The second-order valence-electron chi connectivity index (χ2n) is 6.13. The minimum Gasteiger partial charge on any atom is -0.314 e. The summed E-state index contributed by atoms with van der Waals surface area (Å²) in [5, 5.41) is 3.09. The Morgan fingerprint density at radius 2 is 1.61 bits per heavy atom. The fourth-order valence-corrected chi connectivity index (χ4v) is 4.38. The highest BCUT2D eigenvalue weighted by molar-refractivity contribution is 7.16. The summed E-state index contributed by atoms with van der Waals surface area (Å²) in [6.07, 6.45) is -9.51. The molecule has 1 atom stereocenters. The summed E-state index contributed by atoms with van der Waals surface area (Å²) < 4.78 is 80.7. The Morgan fingerprint density at radius 1 is 0.964 bits per heavy atom. The molecule has 1 aromatic carbocycles. The number of thiophene rings is 1. The van der Waals surface area contributed by atoms with Crippen molar-refractivity contribution in [3.63, 3.8) is 0 Å². The number of hydrogen-bond donors (Lipinski definition) is 1. The highest BCUT2D eigenvalue weighted by Crippen LogP contribution is 2.43. The van der Waals surface area contributed by atoms with Gasteiger partial charge in [-0.3, -0.25) is 4.90 Å². The first-order chi connectivity index (χ1) is 12.6. The van der Waals surface area contributed by atoms with E-state index in [0.29, 0.717) is 53.6 Å². The molecule has 1 N–H and O–H groups in total. The number of piperazine rings is 1. The summed E-state index contributed by atoms with van der Waals surface area (Å²) in [4.78, 5) is 2.23. The minimum atomic E-state index is -4.77. The molecule has 0 unspecified atom stereocenters. The van der Waals surface area contributed by atoms with Crippen molar-refractivity contribution in [2.75, 3.05) is 26.2 Å². The van der Waals surface area contributed by atoms with Crippen molar-refractivity contribution in [1.82, 2.24) is 10.2 Å². The molecule has 1 aliphatic heterocycles. The molecule has 1 fully saturated rings. The lowest BCUT2D eigenvalue weighted by atomic mass is 9.94. The van der Waals surface area contributed by atoms with E-state index in [1.54, 1.807) is 11.0 Å². The second-order valence-corrected chi connectivity index (χ2v) is 7.87. The molecule has 0 amide bonds. The van der Waals surface area contributed by atoms with Crippen molar-refractivity contribution in [2.45, 2.75) is 18.4 Å². The third-order valence-corrected chi connectivity index (χ3v) is 5.64. The van der Waals surface area contributed by atoms with Crippen LogP contribution in [0.2, 0.25) is 4.34 Å². The van der Waals surface area contributed by atoms with Gasteiger partial charge in [-0.2, -0.15) is 26.3 Å². The molecule has 0 bridgehead atoms. The highest BCUT2D eigenvalue weighted by Gasteiger charge is 2.40. The Balaban J connectivity index is 0.00000280. The average Bonchev–Trinajstić information content (AvgIpc) is 3.00. The normalized spacial score (nSPS) is 17.2. The first-order valence-corrected chi connectivity index (χ1v) is 9.25. The lowest BCUT2D eigenvalue weighted by Gasteiger charge is -2.36. The van der Waals surface area contributed by atoms with E-state index in [1.165, 1.54) is 6.07 Å². The predicted molar refractivity (Wildman–Crippen MR) is 99.3 cm³/mol. The maximum Gasteiger partial charge on any atom is 0.416 e. The Kier molecular flexibility index (Phi) is 7.31. The van der Waals surface area contributed by atoms with Gasteiger partial charge in [-0.15, -0.1) is 23.7 Å². The molecule has 1 aromatic heterocycles. The molecule has 1 aliphatic rings. The largest absolute Gasteiger partial charge is 0.416 e. The Bertz CT molecular complexity index is 800. The third kappa shape index (κ3) is 5.13. The van der Waals surface area contributed by atoms with Crippen molar-refractivity contribution in [3.05, 3.63) is 56.2 Å². The van der Waals surface area contributed by atoms with E-state index < -0.39 is 35.1 Å². The molecule has 2 heterocycles. The maximum atomic E-state index is 13.6. The molecule has 2 aromatic rings. The Morgan fingerprint density at radius 3 is 2.11 bits per heavy atom. The molecule has 0 radical (unpaired) electrons. The summed E-state index contributed by atoms with van der Waals surface area (Å²) in [7, 11) is 0. The number of benzene rings is 1. The molecule has 0 aliphatic carbocycles. The van der Waals surface area contributed by atoms with Crippen LogP contribution in [0.4, 0.5) is 26.3 Å². The molecular formula is C17H16Cl2F6N2S. The van der Waals surface area contributed by atoms with E-state index in [4.69, 9.17) is 11.6 Å². The van der Waals surface area contributed by atoms with Gasteiger partial charge in [0.1, 0.15) is 0 Å². The molecule has 2 nitrogen and oxygen atoms in total. The van der Waals surface area contributed by atoms with Gasteiger partial charge in [-0.1, -0.05) is 11.6 Å². The van der Waals surface area contributed by atoms with Crippen LogP contribution in [0.5, 0.6) is 0 Å². The van der Waals surface area contributed by atoms with Crippen molar-refractivity contribution in [1.29, 1.82) is 0 Å². The van der Waals surface area contributed by atoms with Gasteiger partial charge in [0.05, 0.1) is 21.5 Å². The molecule has 1 saturated heterocycles. The van der Waals surface area contributed by atoms with Gasteiger partial charge in [-0.25, -0.2) is 0 Å². The highest BCUT2D eigenvalue weighted by atomic mass is 35.5. The second kappa shape index (κ2) is 8.79. The van der Waals surface area contributed by atoms with Gasteiger partial charge in [0, 0.05) is 31.1 Å². The summed E-state index contributed by atoms with van der Waals surface area (Å²) in [6, 6.07) is 3.76. The molecule has 28 heavy (non-hydrogen) atoms. The van der Waals surface area contributed by atoms with Gasteiger partial charge >= 0.3 is 12.4 Å². The molecule has 0 saturated carbocycles. The zero-order valence-corrected chi connectivity index (χ0v) is 16.6. The van der Waals surface area contributed by atoms with Crippen molar-refractivity contribution < 1.29 is 26.3 Å². The molecular weight excluding hydrogens is 449 g/mol. The van der Waals surface area contributed by atoms with Crippen LogP contribution >= 0.6 is 35.3 Å². The van der Waals surface area contributed by atoms with E-state index in [0.717, 1.165) is 11.3 Å². The number of hydrogen-bond acceptors (Lipinski definition) is 3. The molecule has 11 heteroatoms. The van der Waals surface area contributed by atoms with Crippen LogP contribution in [-0.4, -0.2) is 31.1 Å². The number of alkyl halides is 6. The van der Waals surface area contributed by atoms with E-state index in [-0.39, 0.29) is 12.4 Å². The third-order valence-electron chi connectivity index (χ3n) is 4.36. The van der Waals surface area contributed by atoms with E-state index in [1.807, 2.05) is 0 Å². The topological polar surface area (TPSA) is 15.3 Å². The SMILES string of the molecule is Cl.FC(F)(F)c1ccc(C(F)(F)F)c([C@@H](c2ccc(Cl)s2)N2CCNCC2)c1. The quantitative estimate of drug-likeness (QED) is 0.572. The summed E-state index contributed by atoms with van der Waals surface area (Å²) >= 11 is 7.02. The van der Waals surface area contributed by atoms with Crippen molar-refractivity contribution in [2.24, 2.45) is 0 Å². The predicted octanol–water partition coefficient (Wildman–Crippen LogP) is 5.86. The zero-order valence-electron chi connectivity index (χ0n) is 14.2. The number of nitrogens with zero attached hydrogens (tertiary/aromatic N) is 1. The smallest absolute Gasteiger partial charge is 0.314 e. The monoisotopic (exact) mass is 464 g/mol. The zero-order chi connectivity index (χ0) is 19.8. The van der Waals surface area contributed by atoms with Crippen LogP contribution in [0.15, 0.2) is 30.3 Å². The van der Waals surface area contributed by atoms with E-state index >= 15 is 0 Å². The summed E-state index contributed by atoms with van der Waals surface area (Å²) in [5.74, 6) is 0. The van der Waals surface area contributed by atoms with Crippen LogP contribution in [0.3, 0.4) is 0 Å². The number of rotatable bonds is 3. The van der Waals surface area contributed by atoms with Crippen molar-refractivity contribution >= 4 is 35.3 Å². The van der Waals surface area contributed by atoms with E-state index in [9.17, 15) is 26.3 Å². The first kappa shape index (κ1) is 23.3. The van der Waals surface area contributed by atoms with Crippen LogP contribution < -0.4 is 5.32 Å². The number of nitrogens with one attached hydrogen (secondary N) is 1. The molecule has 156 valence electrons. The van der Waals surface area contributed by atoms with E-state index in [2.05, 4.69) is 5.32 Å². The fourth-order valence-electron chi connectivity index (χ4n) is 3.17. The van der Waals surface area contributed by atoms with Crippen molar-refractivity contribution in [3.8, 4) is 0 Å². The standard InChI is InChI=1S/C17H15ClF6N2S.ClH/c18-14-4-3-13(27-14)15(26-7-5-25-6-8-26)11-9-10(16(19,20)21)1-2-12(11)17(22,23)24;/h1-4,9,15,25H,5-8H2;1H/t15-;/m0./s1. The first-order valence-electron chi connectivity index (χ1n) is 8.05. The Hall–Kier alpha value is -1.000. The van der Waals surface area contributed by atoms with Gasteiger partial charge in [-0.05, 0) is 35.9 Å². The fraction of sp³-hybridized carbons (Fsp3) is 0.412. The van der Waals surface area contributed by atoms with Gasteiger partial charge in [0.2, 0.25) is 0 Å². The van der Waals surface area contributed by atoms with Gasteiger partial charge < -0.3 is 5.32 Å². The Labute approximate surface area is 172 Å². The van der Waals surface area contributed by atoms with Crippen LogP contribution in [0.25, 0.3) is 0 Å². The lowest BCUT2D eigenvalue weighted by molar-refractivity contribution is -0.142. The maximum absolute atomic E-state index is 13.6. The van der Waals surface area contributed by atoms with Gasteiger partial charge in [0.15, 0.2) is 0 Å². The number of halogens is 8. The minimum absolute atomic E-state index is 0. The summed E-state index contributed by atoms with van der Waals surface area (Å²) in [5.41, 5.74) is -2.57. The summed E-state index contributed by atoms with van der Waals surface area (Å²) in [6.45, 7) is 1.90. The van der Waals surface area contributed by atoms with Crippen LogP contribution in [0.1, 0.15) is 27.6 Å².